The molecule has 0 bridgehead atoms. The largest absolute Gasteiger partial charge is 0.495 e. The molecule has 0 saturated carbocycles. The average molecular weight is 328 g/mol. The number of ether oxygens (including phenoxy) is 2. The molecule has 2 N–H and O–H groups in total. The number of nitrogens with one attached hydrogen (secondary N) is 2. The third-order valence-electron chi connectivity index (χ3n) is 3.48. The molecule has 0 spiro atoms. The summed E-state index contributed by atoms with van der Waals surface area (Å²) in [7, 11) is 1.59. The molecule has 0 aliphatic carbocycles. The number of anilines is 2. The van der Waals surface area contributed by atoms with Gasteiger partial charge in [0, 0.05) is 18.7 Å². The smallest absolute Gasteiger partial charge is 0.226 e. The van der Waals surface area contributed by atoms with Crippen molar-refractivity contribution < 1.29 is 14.3 Å². The molecule has 5 heteroatoms. The number of methoxy groups -OCH3 is 1. The summed E-state index contributed by atoms with van der Waals surface area (Å²) in [6.45, 7) is 5.12. The highest BCUT2D eigenvalue weighted by Crippen LogP contribution is 2.25. The Kier molecular flexibility index (Phi) is 6.49. The molecule has 0 aromatic heterocycles. The highest BCUT2D eigenvalue weighted by atomic mass is 16.5. The van der Waals surface area contributed by atoms with E-state index in [0.29, 0.717) is 31.0 Å². The topological polar surface area (TPSA) is 59.6 Å². The van der Waals surface area contributed by atoms with Crippen LogP contribution in [-0.4, -0.2) is 26.2 Å². The van der Waals surface area contributed by atoms with E-state index in [9.17, 15) is 4.79 Å². The lowest BCUT2D eigenvalue weighted by Crippen LogP contribution is -2.16. The van der Waals surface area contributed by atoms with E-state index in [1.54, 1.807) is 7.11 Å². The van der Waals surface area contributed by atoms with Gasteiger partial charge in [-0.25, -0.2) is 0 Å². The zero-order chi connectivity index (χ0) is 17.4. The number of carbonyl (C=O) groups excluding carboxylic acids is 1. The molecule has 2 aromatic carbocycles. The van der Waals surface area contributed by atoms with E-state index in [0.717, 1.165) is 17.0 Å². The van der Waals surface area contributed by atoms with E-state index < -0.39 is 0 Å². The van der Waals surface area contributed by atoms with Crippen LogP contribution in [0.25, 0.3) is 0 Å². The molecule has 0 radical (unpaired) electrons. The van der Waals surface area contributed by atoms with Gasteiger partial charge < -0.3 is 20.1 Å². The van der Waals surface area contributed by atoms with Gasteiger partial charge in [-0.2, -0.15) is 0 Å². The summed E-state index contributed by atoms with van der Waals surface area (Å²) >= 11 is 0. The van der Waals surface area contributed by atoms with Gasteiger partial charge in [-0.15, -0.1) is 0 Å². The highest BCUT2D eigenvalue weighted by molar-refractivity contribution is 5.92. The minimum atomic E-state index is -0.0580. The van der Waals surface area contributed by atoms with Gasteiger partial charge in [0.25, 0.3) is 0 Å². The van der Waals surface area contributed by atoms with Crippen molar-refractivity contribution in [2.45, 2.75) is 20.3 Å². The standard InChI is InChI=1S/C19H24N2O3/c1-4-24-16-8-6-15(7-9-16)20-12-11-19(22)21-17-13-14(2)5-10-18(17)23-3/h5-10,13,20H,4,11-12H2,1-3H3,(H,21,22). The molecule has 0 aliphatic heterocycles. The molecule has 5 nitrogen and oxygen atoms in total. The van der Waals surface area contributed by atoms with Crippen LogP contribution in [0.2, 0.25) is 0 Å². The van der Waals surface area contributed by atoms with Crippen molar-refractivity contribution in [1.82, 2.24) is 0 Å². The SMILES string of the molecule is CCOc1ccc(NCCC(=O)Nc2cc(C)ccc2OC)cc1. The number of amides is 1. The number of benzene rings is 2. The molecule has 0 heterocycles. The van der Waals surface area contributed by atoms with Crippen LogP contribution in [0.5, 0.6) is 11.5 Å². The zero-order valence-corrected chi connectivity index (χ0v) is 14.4. The van der Waals surface area contributed by atoms with Crippen molar-refractivity contribution in [3.8, 4) is 11.5 Å². The Bertz CT molecular complexity index is 669. The Balaban J connectivity index is 1.82. The van der Waals surface area contributed by atoms with E-state index in [-0.39, 0.29) is 5.91 Å². The van der Waals surface area contributed by atoms with Gasteiger partial charge in [0.2, 0.25) is 5.91 Å². The van der Waals surface area contributed by atoms with Crippen LogP contribution in [0.15, 0.2) is 42.5 Å². The summed E-state index contributed by atoms with van der Waals surface area (Å²) in [5, 5.41) is 6.11. The molecule has 2 rings (SSSR count). The normalized spacial score (nSPS) is 10.1. The van der Waals surface area contributed by atoms with Gasteiger partial charge in [0.05, 0.1) is 19.4 Å². The van der Waals surface area contributed by atoms with Gasteiger partial charge >= 0.3 is 0 Å². The molecule has 0 saturated heterocycles. The minimum Gasteiger partial charge on any atom is -0.495 e. The molecule has 0 fully saturated rings. The maximum absolute atomic E-state index is 12.1. The summed E-state index contributed by atoms with van der Waals surface area (Å²) in [6, 6.07) is 13.4. The number of hydrogen-bond acceptors (Lipinski definition) is 4. The van der Waals surface area contributed by atoms with Gasteiger partial charge in [-0.1, -0.05) is 6.07 Å². The molecule has 1 amide bonds. The van der Waals surface area contributed by atoms with Crippen LogP contribution in [0.3, 0.4) is 0 Å². The van der Waals surface area contributed by atoms with Crippen molar-refractivity contribution in [2.24, 2.45) is 0 Å². The number of aryl methyl sites for hydroxylation is 1. The molecule has 0 atom stereocenters. The Morgan fingerprint density at radius 3 is 2.54 bits per heavy atom. The van der Waals surface area contributed by atoms with Crippen molar-refractivity contribution in [1.29, 1.82) is 0 Å². The lowest BCUT2D eigenvalue weighted by molar-refractivity contribution is -0.116. The first kappa shape index (κ1) is 17.7. The molecular formula is C19H24N2O3. The Hall–Kier alpha value is -2.69. The molecular weight excluding hydrogens is 304 g/mol. The molecule has 2 aromatic rings. The Morgan fingerprint density at radius 1 is 1.12 bits per heavy atom. The second-order valence-corrected chi connectivity index (χ2v) is 5.39. The van der Waals surface area contributed by atoms with E-state index >= 15 is 0 Å². The quantitative estimate of drug-likeness (QED) is 0.773. The van der Waals surface area contributed by atoms with Crippen molar-refractivity contribution >= 4 is 17.3 Å². The second kappa shape index (κ2) is 8.82. The van der Waals surface area contributed by atoms with Crippen LogP contribution >= 0.6 is 0 Å². The second-order valence-electron chi connectivity index (χ2n) is 5.39. The van der Waals surface area contributed by atoms with E-state index in [1.807, 2.05) is 56.3 Å². The predicted octanol–water partition coefficient (Wildman–Crippen LogP) is 3.84. The first-order chi connectivity index (χ1) is 11.6. The average Bonchev–Trinajstić information content (AvgIpc) is 2.57. The first-order valence-corrected chi connectivity index (χ1v) is 8.03. The summed E-state index contributed by atoms with van der Waals surface area (Å²) in [6.07, 6.45) is 0.365. The van der Waals surface area contributed by atoms with E-state index in [2.05, 4.69) is 10.6 Å². The van der Waals surface area contributed by atoms with Crippen LogP contribution in [0.1, 0.15) is 18.9 Å². The summed E-state index contributed by atoms with van der Waals surface area (Å²) < 4.78 is 10.7. The fourth-order valence-corrected chi connectivity index (χ4v) is 2.29. The first-order valence-electron chi connectivity index (χ1n) is 8.03. The maximum atomic E-state index is 12.1. The van der Waals surface area contributed by atoms with Crippen molar-refractivity contribution in [2.75, 3.05) is 30.9 Å². The van der Waals surface area contributed by atoms with Crippen molar-refractivity contribution in [3.05, 3.63) is 48.0 Å². The molecule has 0 unspecified atom stereocenters. The highest BCUT2D eigenvalue weighted by Gasteiger charge is 2.07. The van der Waals surface area contributed by atoms with E-state index in [4.69, 9.17) is 9.47 Å². The number of carbonyl (C=O) groups is 1. The third kappa shape index (κ3) is 5.19. The number of rotatable bonds is 8. The van der Waals surface area contributed by atoms with E-state index in [1.165, 1.54) is 0 Å². The van der Waals surface area contributed by atoms with Crippen LogP contribution in [0.4, 0.5) is 11.4 Å². The van der Waals surface area contributed by atoms with Gasteiger partial charge in [0.1, 0.15) is 11.5 Å². The zero-order valence-electron chi connectivity index (χ0n) is 14.4. The Labute approximate surface area is 143 Å². The van der Waals surface area contributed by atoms with Gasteiger partial charge in [0.15, 0.2) is 0 Å². The lowest BCUT2D eigenvalue weighted by Gasteiger charge is -2.12. The van der Waals surface area contributed by atoms with Crippen LogP contribution < -0.4 is 20.1 Å². The summed E-state index contributed by atoms with van der Waals surface area (Å²) in [4.78, 5) is 12.1. The fourth-order valence-electron chi connectivity index (χ4n) is 2.29. The predicted molar refractivity (Wildman–Crippen MR) is 97.1 cm³/mol. The van der Waals surface area contributed by atoms with Gasteiger partial charge in [-0.3, -0.25) is 4.79 Å². The van der Waals surface area contributed by atoms with Gasteiger partial charge in [-0.05, 0) is 55.8 Å². The third-order valence-corrected chi connectivity index (χ3v) is 3.48. The van der Waals surface area contributed by atoms with Crippen LogP contribution in [-0.2, 0) is 4.79 Å². The minimum absolute atomic E-state index is 0.0580. The summed E-state index contributed by atoms with van der Waals surface area (Å²) in [5.74, 6) is 1.44. The maximum Gasteiger partial charge on any atom is 0.226 e. The number of hydrogen-bond donors (Lipinski definition) is 2. The Morgan fingerprint density at radius 2 is 1.88 bits per heavy atom. The van der Waals surface area contributed by atoms with Crippen molar-refractivity contribution in [3.63, 3.8) is 0 Å². The molecule has 0 aliphatic rings. The fraction of sp³-hybridized carbons (Fsp3) is 0.316. The van der Waals surface area contributed by atoms with Crippen LogP contribution in [0, 0.1) is 6.92 Å². The monoisotopic (exact) mass is 328 g/mol. The molecule has 24 heavy (non-hydrogen) atoms. The lowest BCUT2D eigenvalue weighted by atomic mass is 10.2. The molecule has 128 valence electrons. The summed E-state index contributed by atoms with van der Waals surface area (Å²) in [5.41, 5.74) is 2.72.